The predicted molar refractivity (Wildman–Crippen MR) is 71.6 cm³/mol. The summed E-state index contributed by atoms with van der Waals surface area (Å²) in [5.74, 6) is 3.97. The van der Waals surface area contributed by atoms with Gasteiger partial charge < -0.3 is 15.2 Å². The van der Waals surface area contributed by atoms with E-state index in [9.17, 15) is 9.18 Å². The third-order valence-corrected chi connectivity index (χ3v) is 3.29. The average Bonchev–Trinajstić information content (AvgIpc) is 2.39. The van der Waals surface area contributed by atoms with Crippen molar-refractivity contribution in [2.45, 2.75) is 25.0 Å². The van der Waals surface area contributed by atoms with Gasteiger partial charge in [0.1, 0.15) is 12.4 Å². The Bertz CT molecular complexity index is 556. The summed E-state index contributed by atoms with van der Waals surface area (Å²) in [7, 11) is 1.63. The number of aliphatic hydroxyl groups is 1. The first-order valence-electron chi connectivity index (χ1n) is 6.37. The maximum Gasteiger partial charge on any atom is 0.254 e. The first-order valence-corrected chi connectivity index (χ1v) is 6.37. The first-order chi connectivity index (χ1) is 9.63. The number of rotatable bonds is 3. The maximum atomic E-state index is 13.8. The molecule has 1 fully saturated rings. The Kier molecular flexibility index (Phi) is 4.72. The summed E-state index contributed by atoms with van der Waals surface area (Å²) in [6.45, 7) is -0.286. The van der Waals surface area contributed by atoms with Crippen molar-refractivity contribution in [1.29, 1.82) is 0 Å². The van der Waals surface area contributed by atoms with Crippen LogP contribution in [0.4, 0.5) is 4.39 Å². The molecule has 0 saturated heterocycles. The van der Waals surface area contributed by atoms with Crippen molar-refractivity contribution >= 4 is 5.91 Å². The van der Waals surface area contributed by atoms with Gasteiger partial charge in [-0.2, -0.15) is 0 Å². The Hall–Kier alpha value is -1.90. The molecule has 2 N–H and O–H groups in total. The van der Waals surface area contributed by atoms with E-state index in [-0.39, 0.29) is 24.3 Å². The summed E-state index contributed by atoms with van der Waals surface area (Å²) in [5.41, 5.74) is 0.427. The molecule has 4 nitrogen and oxygen atoms in total. The van der Waals surface area contributed by atoms with Crippen molar-refractivity contribution in [3.05, 3.63) is 35.1 Å². The van der Waals surface area contributed by atoms with E-state index in [0.717, 1.165) is 12.8 Å². The molecule has 1 amide bonds. The molecule has 0 bridgehead atoms. The Morgan fingerprint density at radius 1 is 1.55 bits per heavy atom. The number of methoxy groups -OCH3 is 1. The molecular formula is C15H16FNO3. The fraction of sp³-hybridized carbons (Fsp3) is 0.400. The number of nitrogens with one attached hydrogen (secondary N) is 1. The van der Waals surface area contributed by atoms with Crippen LogP contribution < -0.4 is 5.32 Å². The molecule has 2 rings (SSSR count). The molecule has 1 aromatic carbocycles. The number of aliphatic hydroxyl groups excluding tert-OH is 1. The maximum absolute atomic E-state index is 13.8. The predicted octanol–water partition coefficient (Wildman–Crippen LogP) is 1.08. The van der Waals surface area contributed by atoms with E-state index in [0.29, 0.717) is 5.56 Å². The summed E-state index contributed by atoms with van der Waals surface area (Å²) in [6, 6.07) is 4.19. The molecule has 0 heterocycles. The third kappa shape index (κ3) is 3.35. The van der Waals surface area contributed by atoms with E-state index in [1.807, 2.05) is 0 Å². The van der Waals surface area contributed by atoms with Crippen LogP contribution in [0.5, 0.6) is 0 Å². The zero-order valence-corrected chi connectivity index (χ0v) is 11.1. The molecule has 5 heteroatoms. The largest absolute Gasteiger partial charge is 0.384 e. The standard InChI is InChI=1S/C15H16FNO3/c1-20-12-8-11(9-12)17-15(19)13-5-4-10(3-2-6-18)7-14(13)16/h4-5,7,11-12,18H,6,8-9H2,1H3,(H,17,19). The lowest BCUT2D eigenvalue weighted by Gasteiger charge is -2.34. The monoisotopic (exact) mass is 277 g/mol. The van der Waals surface area contributed by atoms with Gasteiger partial charge in [0.05, 0.1) is 11.7 Å². The highest BCUT2D eigenvalue weighted by Gasteiger charge is 2.30. The number of ether oxygens (including phenoxy) is 1. The van der Waals surface area contributed by atoms with Crippen LogP contribution in [0.2, 0.25) is 0 Å². The Morgan fingerprint density at radius 2 is 2.30 bits per heavy atom. The van der Waals surface area contributed by atoms with Gasteiger partial charge in [-0.25, -0.2) is 4.39 Å². The van der Waals surface area contributed by atoms with E-state index in [1.54, 1.807) is 13.2 Å². The molecule has 1 saturated carbocycles. The smallest absolute Gasteiger partial charge is 0.254 e. The highest BCUT2D eigenvalue weighted by atomic mass is 19.1. The van der Waals surface area contributed by atoms with E-state index < -0.39 is 11.7 Å². The summed E-state index contributed by atoms with van der Waals surface area (Å²) < 4.78 is 18.9. The lowest BCUT2D eigenvalue weighted by atomic mass is 9.89. The fourth-order valence-corrected chi connectivity index (χ4v) is 2.06. The minimum absolute atomic E-state index is 0.000385. The van der Waals surface area contributed by atoms with Gasteiger partial charge in [-0.3, -0.25) is 4.79 Å². The second-order valence-electron chi connectivity index (χ2n) is 4.65. The number of carbonyl (C=O) groups excluding carboxylic acids is 1. The van der Waals surface area contributed by atoms with Crippen molar-refractivity contribution in [1.82, 2.24) is 5.32 Å². The molecule has 0 aliphatic heterocycles. The van der Waals surface area contributed by atoms with Gasteiger partial charge in [0, 0.05) is 18.7 Å². The topological polar surface area (TPSA) is 58.6 Å². The van der Waals surface area contributed by atoms with Gasteiger partial charge in [-0.15, -0.1) is 0 Å². The van der Waals surface area contributed by atoms with Gasteiger partial charge in [-0.05, 0) is 31.0 Å². The van der Waals surface area contributed by atoms with Crippen molar-refractivity contribution < 1.29 is 19.0 Å². The van der Waals surface area contributed by atoms with Crippen molar-refractivity contribution in [2.75, 3.05) is 13.7 Å². The molecule has 106 valence electrons. The summed E-state index contributed by atoms with van der Waals surface area (Å²) in [5, 5.41) is 11.3. The van der Waals surface area contributed by atoms with E-state index in [1.165, 1.54) is 12.1 Å². The molecule has 0 atom stereocenters. The van der Waals surface area contributed by atoms with Crippen LogP contribution in [-0.4, -0.2) is 36.9 Å². The SMILES string of the molecule is COC1CC(NC(=O)c2ccc(C#CCO)cc2F)C1. The van der Waals surface area contributed by atoms with E-state index >= 15 is 0 Å². The number of amides is 1. The minimum Gasteiger partial charge on any atom is -0.384 e. The van der Waals surface area contributed by atoms with Crippen molar-refractivity contribution in [2.24, 2.45) is 0 Å². The molecule has 1 aromatic rings. The van der Waals surface area contributed by atoms with Crippen LogP contribution in [0, 0.1) is 17.7 Å². The minimum atomic E-state index is -0.616. The van der Waals surface area contributed by atoms with Crippen LogP contribution in [0.3, 0.4) is 0 Å². The highest BCUT2D eigenvalue weighted by Crippen LogP contribution is 2.23. The van der Waals surface area contributed by atoms with Crippen LogP contribution in [0.1, 0.15) is 28.8 Å². The van der Waals surface area contributed by atoms with Crippen LogP contribution in [0.15, 0.2) is 18.2 Å². The van der Waals surface area contributed by atoms with Gasteiger partial charge >= 0.3 is 0 Å². The molecule has 0 spiro atoms. The van der Waals surface area contributed by atoms with Gasteiger partial charge in [0.15, 0.2) is 0 Å². The molecule has 1 aliphatic carbocycles. The van der Waals surface area contributed by atoms with Crippen molar-refractivity contribution in [3.8, 4) is 11.8 Å². The molecule has 0 unspecified atom stereocenters. The Morgan fingerprint density at radius 3 is 2.90 bits per heavy atom. The molecule has 0 aromatic heterocycles. The van der Waals surface area contributed by atoms with Crippen LogP contribution in [-0.2, 0) is 4.74 Å². The van der Waals surface area contributed by atoms with Gasteiger partial charge in [0.2, 0.25) is 0 Å². The van der Waals surface area contributed by atoms with E-state index in [2.05, 4.69) is 17.2 Å². The highest BCUT2D eigenvalue weighted by molar-refractivity contribution is 5.94. The Labute approximate surface area is 116 Å². The fourth-order valence-electron chi connectivity index (χ4n) is 2.06. The third-order valence-electron chi connectivity index (χ3n) is 3.29. The normalized spacial score (nSPS) is 20.6. The van der Waals surface area contributed by atoms with Gasteiger partial charge in [0.25, 0.3) is 5.91 Å². The quantitative estimate of drug-likeness (QED) is 0.813. The number of benzene rings is 1. The van der Waals surface area contributed by atoms with Crippen LogP contribution >= 0.6 is 0 Å². The second-order valence-corrected chi connectivity index (χ2v) is 4.65. The van der Waals surface area contributed by atoms with Crippen LogP contribution in [0.25, 0.3) is 0 Å². The molecular weight excluding hydrogens is 261 g/mol. The molecule has 0 radical (unpaired) electrons. The lowest BCUT2D eigenvalue weighted by Crippen LogP contribution is -2.47. The zero-order valence-electron chi connectivity index (χ0n) is 11.1. The number of carbonyl (C=O) groups is 1. The summed E-state index contributed by atoms with van der Waals surface area (Å²) in [4.78, 5) is 11.9. The van der Waals surface area contributed by atoms with Crippen molar-refractivity contribution in [3.63, 3.8) is 0 Å². The average molecular weight is 277 g/mol. The van der Waals surface area contributed by atoms with E-state index in [4.69, 9.17) is 9.84 Å². The number of halogens is 1. The first kappa shape index (κ1) is 14.5. The zero-order chi connectivity index (χ0) is 14.5. The summed E-state index contributed by atoms with van der Waals surface area (Å²) >= 11 is 0. The Balaban J connectivity index is 2.00. The van der Waals surface area contributed by atoms with Gasteiger partial charge in [-0.1, -0.05) is 11.8 Å². The number of hydrogen-bond donors (Lipinski definition) is 2. The molecule has 1 aliphatic rings. The number of hydrogen-bond acceptors (Lipinski definition) is 3. The molecule has 20 heavy (non-hydrogen) atoms. The lowest BCUT2D eigenvalue weighted by molar-refractivity contribution is 0.0175. The summed E-state index contributed by atoms with van der Waals surface area (Å²) in [6.07, 6.45) is 1.69. The second kappa shape index (κ2) is 6.51.